The summed E-state index contributed by atoms with van der Waals surface area (Å²) in [6, 6.07) is 4.62. The Labute approximate surface area is 169 Å². The molecular weight excluding hydrogens is 370 g/mol. The van der Waals surface area contributed by atoms with Gasteiger partial charge in [0, 0.05) is 36.8 Å². The summed E-state index contributed by atoms with van der Waals surface area (Å²) in [6.45, 7) is 5.51. The number of aryl methyl sites for hydroxylation is 1. The number of aromatic nitrogens is 2. The molecule has 3 atom stereocenters. The molecule has 0 bridgehead atoms. The van der Waals surface area contributed by atoms with Gasteiger partial charge in [-0.25, -0.2) is 9.97 Å². The highest BCUT2D eigenvalue weighted by Crippen LogP contribution is 2.51. The van der Waals surface area contributed by atoms with E-state index >= 15 is 0 Å². The second-order valence-electron chi connectivity index (χ2n) is 8.01. The maximum Gasteiger partial charge on any atom is 0.252 e. The molecule has 1 aliphatic heterocycles. The summed E-state index contributed by atoms with van der Waals surface area (Å²) in [6.07, 6.45) is 3.81. The first-order valence-electron chi connectivity index (χ1n) is 9.80. The maximum absolute atomic E-state index is 12.6. The van der Waals surface area contributed by atoms with Crippen molar-refractivity contribution < 1.29 is 14.7 Å². The highest BCUT2D eigenvalue weighted by atomic mass is 16.3. The average molecular weight is 395 g/mol. The minimum atomic E-state index is -0.720. The molecule has 0 radical (unpaired) electrons. The van der Waals surface area contributed by atoms with Crippen LogP contribution in [-0.2, 0) is 4.79 Å². The predicted octanol–water partition coefficient (Wildman–Crippen LogP) is 2.52. The van der Waals surface area contributed by atoms with Crippen molar-refractivity contribution in [2.24, 2.45) is 17.6 Å². The minimum Gasteiger partial charge on any atom is -0.507 e. The molecule has 8 heteroatoms. The number of nitrogens with one attached hydrogen (secondary N) is 1. The molecule has 4 N–H and O–H groups in total. The quantitative estimate of drug-likeness (QED) is 0.731. The van der Waals surface area contributed by atoms with E-state index in [9.17, 15) is 14.7 Å². The van der Waals surface area contributed by atoms with Crippen molar-refractivity contribution >= 4 is 23.5 Å². The Balaban J connectivity index is 1.87. The molecule has 2 amide bonds. The van der Waals surface area contributed by atoms with Crippen LogP contribution in [0.3, 0.4) is 0 Å². The Hall–Kier alpha value is -3.16. The number of benzene rings is 1. The normalized spacial score (nSPS) is 23.4. The molecule has 1 aliphatic carbocycles. The molecule has 1 unspecified atom stereocenters. The number of aromatic hydroxyl groups is 1. The summed E-state index contributed by atoms with van der Waals surface area (Å²) in [5.74, 6) is -0.117. The number of fused-ring (bicyclic) bond motifs is 1. The Morgan fingerprint density at radius 1 is 1.31 bits per heavy atom. The number of hydrogen-bond acceptors (Lipinski definition) is 6. The van der Waals surface area contributed by atoms with E-state index in [4.69, 9.17) is 5.73 Å². The molecule has 2 aromatic rings. The van der Waals surface area contributed by atoms with Crippen LogP contribution in [0.25, 0.3) is 0 Å². The van der Waals surface area contributed by atoms with Gasteiger partial charge >= 0.3 is 0 Å². The first-order valence-corrected chi connectivity index (χ1v) is 9.80. The zero-order valence-electron chi connectivity index (χ0n) is 16.7. The van der Waals surface area contributed by atoms with Crippen molar-refractivity contribution in [2.45, 2.75) is 45.7 Å². The number of anilines is 2. The van der Waals surface area contributed by atoms with E-state index in [2.05, 4.69) is 22.2 Å². The van der Waals surface area contributed by atoms with Crippen LogP contribution < -0.4 is 16.0 Å². The Bertz CT molecular complexity index is 988. The number of hydrogen-bond donors (Lipinski definition) is 3. The largest absolute Gasteiger partial charge is 0.507 e. The van der Waals surface area contributed by atoms with Gasteiger partial charge in [0.25, 0.3) is 5.91 Å². The van der Waals surface area contributed by atoms with E-state index < -0.39 is 5.91 Å². The standard InChI is InChI=1S/C21H25N5O3/c1-10-6-7-23-21(24-10)25-18-11(2)19(13-4-5-13)26(12(3)27)16-9-17(28)15(20(22)29)8-14(16)18/h6-9,11,13,18-19,28H,4-5H2,1-3H3,(H2,22,29)(H,23,24,25)/t11-,18?,19-/m1/s1. The molecule has 1 saturated carbocycles. The van der Waals surface area contributed by atoms with E-state index in [0.29, 0.717) is 17.6 Å². The van der Waals surface area contributed by atoms with E-state index in [1.54, 1.807) is 17.2 Å². The second kappa shape index (κ2) is 7.02. The van der Waals surface area contributed by atoms with Crippen LogP contribution in [0, 0.1) is 18.8 Å². The van der Waals surface area contributed by atoms with Crippen LogP contribution in [0.4, 0.5) is 11.6 Å². The van der Waals surface area contributed by atoms with Gasteiger partial charge in [0.05, 0.1) is 17.3 Å². The summed E-state index contributed by atoms with van der Waals surface area (Å²) in [5.41, 5.74) is 7.64. The van der Waals surface area contributed by atoms with Gasteiger partial charge in [-0.15, -0.1) is 0 Å². The van der Waals surface area contributed by atoms with Gasteiger partial charge in [-0.3, -0.25) is 9.59 Å². The van der Waals surface area contributed by atoms with Gasteiger partial charge in [-0.05, 0) is 43.4 Å². The van der Waals surface area contributed by atoms with E-state index in [1.807, 2.05) is 13.0 Å². The van der Waals surface area contributed by atoms with Gasteiger partial charge in [0.15, 0.2) is 0 Å². The predicted molar refractivity (Wildman–Crippen MR) is 109 cm³/mol. The fourth-order valence-corrected chi connectivity index (χ4v) is 4.45. The van der Waals surface area contributed by atoms with Gasteiger partial charge in [-0.1, -0.05) is 6.92 Å². The third-order valence-corrected chi connectivity index (χ3v) is 5.89. The highest BCUT2D eigenvalue weighted by Gasteiger charge is 2.48. The number of nitrogens with two attached hydrogens (primary N) is 1. The fourth-order valence-electron chi connectivity index (χ4n) is 4.45. The first-order chi connectivity index (χ1) is 13.8. The summed E-state index contributed by atoms with van der Waals surface area (Å²) in [7, 11) is 0. The molecule has 1 aromatic heterocycles. The third kappa shape index (κ3) is 3.39. The molecule has 0 saturated heterocycles. The molecule has 4 rings (SSSR count). The molecule has 2 aliphatic rings. The van der Waals surface area contributed by atoms with E-state index in [-0.39, 0.29) is 35.2 Å². The Kier molecular flexibility index (Phi) is 4.64. The number of carbonyl (C=O) groups is 2. The SMILES string of the molecule is CC(=O)N1c2cc(O)c(C(N)=O)cc2C(Nc2nccc(C)n2)[C@@H](C)[C@@H]1C1CC1. The van der Waals surface area contributed by atoms with Crippen LogP contribution in [0.2, 0.25) is 0 Å². The number of primary amides is 1. The molecule has 2 heterocycles. The van der Waals surface area contributed by atoms with Crippen molar-refractivity contribution in [2.75, 3.05) is 10.2 Å². The first kappa shape index (κ1) is 19.2. The Morgan fingerprint density at radius 3 is 2.62 bits per heavy atom. The molecule has 8 nitrogen and oxygen atoms in total. The lowest BCUT2D eigenvalue weighted by Crippen LogP contribution is -2.51. The molecule has 1 aromatic carbocycles. The highest BCUT2D eigenvalue weighted by molar-refractivity contribution is 5.99. The van der Waals surface area contributed by atoms with Crippen LogP contribution in [-0.4, -0.2) is 32.9 Å². The number of rotatable bonds is 4. The van der Waals surface area contributed by atoms with Gasteiger partial charge in [0.2, 0.25) is 11.9 Å². The van der Waals surface area contributed by atoms with Crippen molar-refractivity contribution in [1.29, 1.82) is 0 Å². The van der Waals surface area contributed by atoms with Crippen molar-refractivity contribution in [1.82, 2.24) is 9.97 Å². The van der Waals surface area contributed by atoms with Gasteiger partial charge in [0.1, 0.15) is 5.75 Å². The molecule has 152 valence electrons. The number of phenols is 1. The zero-order chi connectivity index (χ0) is 20.9. The lowest BCUT2D eigenvalue weighted by molar-refractivity contribution is -0.117. The summed E-state index contributed by atoms with van der Waals surface area (Å²) in [5, 5.41) is 13.8. The minimum absolute atomic E-state index is 0.0128. The van der Waals surface area contributed by atoms with Crippen LogP contribution in [0.1, 0.15) is 54.3 Å². The zero-order valence-corrected chi connectivity index (χ0v) is 16.7. The van der Waals surface area contributed by atoms with Crippen LogP contribution in [0.15, 0.2) is 24.4 Å². The number of carbonyl (C=O) groups excluding carboxylic acids is 2. The van der Waals surface area contributed by atoms with E-state index in [1.165, 1.54) is 13.0 Å². The lowest BCUT2D eigenvalue weighted by Gasteiger charge is -2.45. The van der Waals surface area contributed by atoms with E-state index in [0.717, 1.165) is 24.1 Å². The monoisotopic (exact) mass is 395 g/mol. The summed E-state index contributed by atoms with van der Waals surface area (Å²) in [4.78, 5) is 34.9. The molecule has 1 fully saturated rings. The lowest BCUT2D eigenvalue weighted by atomic mass is 9.79. The van der Waals surface area contributed by atoms with Gasteiger partial charge in [-0.2, -0.15) is 0 Å². The second-order valence-corrected chi connectivity index (χ2v) is 8.01. The smallest absolute Gasteiger partial charge is 0.252 e. The molecular formula is C21H25N5O3. The van der Waals surface area contributed by atoms with Crippen molar-refractivity contribution in [3.63, 3.8) is 0 Å². The van der Waals surface area contributed by atoms with Gasteiger partial charge < -0.3 is 21.1 Å². The summed E-state index contributed by atoms with van der Waals surface area (Å²) < 4.78 is 0. The van der Waals surface area contributed by atoms with Crippen LogP contribution >= 0.6 is 0 Å². The summed E-state index contributed by atoms with van der Waals surface area (Å²) >= 11 is 0. The number of nitrogens with zero attached hydrogens (tertiary/aromatic N) is 3. The van der Waals surface area contributed by atoms with Crippen LogP contribution in [0.5, 0.6) is 5.75 Å². The molecule has 29 heavy (non-hydrogen) atoms. The third-order valence-electron chi connectivity index (χ3n) is 5.89. The topological polar surface area (TPSA) is 121 Å². The fraction of sp³-hybridized carbons (Fsp3) is 0.429. The number of amides is 2. The van der Waals surface area contributed by atoms with Crippen molar-refractivity contribution in [3.05, 3.63) is 41.2 Å². The Morgan fingerprint density at radius 2 is 2.03 bits per heavy atom. The van der Waals surface area contributed by atoms with Crippen molar-refractivity contribution in [3.8, 4) is 5.75 Å². The molecule has 0 spiro atoms. The maximum atomic E-state index is 12.6. The average Bonchev–Trinajstić information content (AvgIpc) is 3.47.